The highest BCUT2D eigenvalue weighted by Crippen LogP contribution is 2.34. The third-order valence-electron chi connectivity index (χ3n) is 4.87. The molecule has 0 saturated carbocycles. The van der Waals surface area contributed by atoms with E-state index in [0.29, 0.717) is 28.7 Å². The molecule has 0 N–H and O–H groups in total. The van der Waals surface area contributed by atoms with Gasteiger partial charge in [-0.15, -0.1) is 0 Å². The summed E-state index contributed by atoms with van der Waals surface area (Å²) in [5, 5.41) is 0.617. The molecule has 0 fully saturated rings. The summed E-state index contributed by atoms with van der Waals surface area (Å²) < 4.78 is 17.0. The lowest BCUT2D eigenvalue weighted by Crippen LogP contribution is -2.30. The molecule has 0 atom stereocenters. The maximum atomic E-state index is 13.6. The molecule has 0 aliphatic carbocycles. The van der Waals surface area contributed by atoms with E-state index in [4.69, 9.17) is 19.2 Å². The quantitative estimate of drug-likeness (QED) is 0.402. The van der Waals surface area contributed by atoms with Crippen LogP contribution >= 0.6 is 11.3 Å². The van der Waals surface area contributed by atoms with Crippen molar-refractivity contribution in [1.29, 1.82) is 0 Å². The molecular formula is C24H22N2O4S. The molecule has 0 radical (unpaired) electrons. The van der Waals surface area contributed by atoms with E-state index in [0.717, 1.165) is 21.5 Å². The maximum absolute atomic E-state index is 13.6. The van der Waals surface area contributed by atoms with Crippen molar-refractivity contribution in [3.05, 3.63) is 77.9 Å². The summed E-state index contributed by atoms with van der Waals surface area (Å²) in [4.78, 5) is 20.0. The molecule has 1 aromatic heterocycles. The molecular weight excluding hydrogens is 412 g/mol. The Labute approximate surface area is 184 Å². The summed E-state index contributed by atoms with van der Waals surface area (Å²) in [6, 6.07) is 20.7. The predicted octanol–water partition coefficient (Wildman–Crippen LogP) is 5.17. The first-order valence-corrected chi connectivity index (χ1v) is 10.5. The number of methoxy groups -OCH3 is 3. The third kappa shape index (κ3) is 4.32. The van der Waals surface area contributed by atoms with E-state index in [1.165, 1.54) is 11.3 Å². The number of aromatic nitrogens is 1. The lowest BCUT2D eigenvalue weighted by Gasteiger charge is -2.21. The number of hydrogen-bond acceptors (Lipinski definition) is 6. The number of nitrogens with zero attached hydrogens (tertiary/aromatic N) is 2. The highest BCUT2D eigenvalue weighted by Gasteiger charge is 2.23. The molecule has 0 spiro atoms. The van der Waals surface area contributed by atoms with E-state index in [1.54, 1.807) is 44.4 Å². The second kappa shape index (κ2) is 9.06. The normalized spacial score (nSPS) is 10.7. The largest absolute Gasteiger partial charge is 0.497 e. The van der Waals surface area contributed by atoms with Gasteiger partial charge in [0.1, 0.15) is 5.75 Å². The van der Waals surface area contributed by atoms with Crippen molar-refractivity contribution in [2.75, 3.05) is 26.2 Å². The lowest BCUT2D eigenvalue weighted by molar-refractivity contribution is 0.0984. The summed E-state index contributed by atoms with van der Waals surface area (Å²) in [5.41, 5.74) is 2.29. The van der Waals surface area contributed by atoms with Gasteiger partial charge >= 0.3 is 0 Å². The molecule has 6 nitrogen and oxygen atoms in total. The zero-order chi connectivity index (χ0) is 21.8. The Bertz CT molecular complexity index is 1210. The Morgan fingerprint density at radius 3 is 2.39 bits per heavy atom. The van der Waals surface area contributed by atoms with Gasteiger partial charge in [0.15, 0.2) is 16.6 Å². The zero-order valence-corrected chi connectivity index (χ0v) is 18.3. The van der Waals surface area contributed by atoms with Crippen LogP contribution < -0.4 is 19.1 Å². The van der Waals surface area contributed by atoms with Gasteiger partial charge in [0, 0.05) is 11.6 Å². The lowest BCUT2D eigenvalue weighted by atomic mass is 10.1. The molecule has 31 heavy (non-hydrogen) atoms. The smallest absolute Gasteiger partial charge is 0.260 e. The van der Waals surface area contributed by atoms with Gasteiger partial charge in [0.25, 0.3) is 5.91 Å². The average molecular weight is 435 g/mol. The average Bonchev–Trinajstić information content (AvgIpc) is 3.25. The van der Waals surface area contributed by atoms with Crippen LogP contribution in [0.5, 0.6) is 17.2 Å². The molecule has 0 aliphatic rings. The van der Waals surface area contributed by atoms with Crippen LogP contribution in [0.15, 0.2) is 66.7 Å². The zero-order valence-electron chi connectivity index (χ0n) is 17.5. The van der Waals surface area contributed by atoms with Crippen LogP contribution in [0.1, 0.15) is 15.9 Å². The number of carbonyl (C=O) groups excluding carboxylic acids is 1. The van der Waals surface area contributed by atoms with E-state index in [-0.39, 0.29) is 5.91 Å². The summed E-state index contributed by atoms with van der Waals surface area (Å²) in [7, 11) is 4.74. The van der Waals surface area contributed by atoms with Crippen molar-refractivity contribution >= 4 is 32.6 Å². The number of anilines is 1. The van der Waals surface area contributed by atoms with Gasteiger partial charge in [0.05, 0.1) is 38.1 Å². The van der Waals surface area contributed by atoms with E-state index in [2.05, 4.69) is 0 Å². The van der Waals surface area contributed by atoms with Crippen LogP contribution in [-0.4, -0.2) is 32.2 Å². The first-order chi connectivity index (χ1) is 15.1. The van der Waals surface area contributed by atoms with Crippen molar-refractivity contribution in [3.63, 3.8) is 0 Å². The monoisotopic (exact) mass is 434 g/mol. The Kier molecular flexibility index (Phi) is 6.04. The molecule has 0 aliphatic heterocycles. The summed E-state index contributed by atoms with van der Waals surface area (Å²) in [6.07, 6.45) is 0. The Balaban J connectivity index is 1.76. The predicted molar refractivity (Wildman–Crippen MR) is 123 cm³/mol. The van der Waals surface area contributed by atoms with Gasteiger partial charge < -0.3 is 14.2 Å². The van der Waals surface area contributed by atoms with Crippen LogP contribution in [-0.2, 0) is 6.54 Å². The molecule has 3 aromatic carbocycles. The molecule has 4 aromatic rings. The maximum Gasteiger partial charge on any atom is 0.260 e. The van der Waals surface area contributed by atoms with Crippen molar-refractivity contribution in [1.82, 2.24) is 4.98 Å². The molecule has 1 heterocycles. The number of carbonyl (C=O) groups is 1. The Morgan fingerprint density at radius 2 is 1.68 bits per heavy atom. The number of fused-ring (bicyclic) bond motifs is 1. The third-order valence-corrected chi connectivity index (χ3v) is 5.93. The summed E-state index contributed by atoms with van der Waals surface area (Å²) in [5.74, 6) is 1.63. The number of ether oxygens (including phenoxy) is 3. The summed E-state index contributed by atoms with van der Waals surface area (Å²) >= 11 is 1.47. The van der Waals surface area contributed by atoms with E-state index in [9.17, 15) is 4.79 Å². The molecule has 7 heteroatoms. The van der Waals surface area contributed by atoms with Crippen molar-refractivity contribution < 1.29 is 19.0 Å². The molecule has 0 unspecified atom stereocenters. The fraction of sp³-hybridized carbons (Fsp3) is 0.167. The van der Waals surface area contributed by atoms with Gasteiger partial charge in [-0.3, -0.25) is 9.69 Å². The van der Waals surface area contributed by atoms with E-state index < -0.39 is 0 Å². The van der Waals surface area contributed by atoms with E-state index >= 15 is 0 Å². The van der Waals surface area contributed by atoms with Crippen molar-refractivity contribution in [3.8, 4) is 17.2 Å². The van der Waals surface area contributed by atoms with Crippen LogP contribution in [0.3, 0.4) is 0 Å². The van der Waals surface area contributed by atoms with Gasteiger partial charge in [0.2, 0.25) is 0 Å². The minimum atomic E-state index is -0.171. The standard InChI is InChI=1S/C24H22N2O4S/c1-28-18-10-12-22-19(14-18)25-24(31-22)26(15-16-7-5-4-6-8-16)23(27)17-9-11-20(29-2)21(13-17)30-3/h4-14H,15H2,1-3H3. The molecule has 158 valence electrons. The first kappa shape index (κ1) is 20.7. The highest BCUT2D eigenvalue weighted by atomic mass is 32.1. The second-order valence-electron chi connectivity index (χ2n) is 6.78. The van der Waals surface area contributed by atoms with E-state index in [1.807, 2.05) is 48.5 Å². The van der Waals surface area contributed by atoms with Crippen LogP contribution in [0.25, 0.3) is 10.2 Å². The van der Waals surface area contributed by atoms with Crippen LogP contribution in [0.2, 0.25) is 0 Å². The van der Waals surface area contributed by atoms with Gasteiger partial charge in [-0.25, -0.2) is 4.98 Å². The first-order valence-electron chi connectivity index (χ1n) is 9.65. The highest BCUT2D eigenvalue weighted by molar-refractivity contribution is 7.22. The minimum Gasteiger partial charge on any atom is -0.497 e. The molecule has 0 bridgehead atoms. The number of thiazole rings is 1. The number of hydrogen-bond donors (Lipinski definition) is 0. The second-order valence-corrected chi connectivity index (χ2v) is 7.79. The van der Waals surface area contributed by atoms with Crippen molar-refractivity contribution in [2.24, 2.45) is 0 Å². The van der Waals surface area contributed by atoms with Gasteiger partial charge in [-0.05, 0) is 35.9 Å². The molecule has 1 amide bonds. The number of rotatable bonds is 7. The minimum absolute atomic E-state index is 0.171. The fourth-order valence-corrected chi connectivity index (χ4v) is 4.20. The van der Waals surface area contributed by atoms with Crippen molar-refractivity contribution in [2.45, 2.75) is 6.54 Å². The SMILES string of the molecule is COc1ccc2sc(N(Cc3ccccc3)C(=O)c3ccc(OC)c(OC)c3)nc2c1. The number of benzene rings is 3. The van der Waals surface area contributed by atoms with Crippen LogP contribution in [0.4, 0.5) is 5.13 Å². The molecule has 0 saturated heterocycles. The van der Waals surface area contributed by atoms with Crippen LogP contribution in [0, 0.1) is 0 Å². The Hall–Kier alpha value is -3.58. The molecule has 4 rings (SSSR count). The fourth-order valence-electron chi connectivity index (χ4n) is 3.25. The topological polar surface area (TPSA) is 60.9 Å². The Morgan fingerprint density at radius 1 is 0.903 bits per heavy atom. The van der Waals surface area contributed by atoms with Gasteiger partial charge in [-0.1, -0.05) is 41.7 Å². The number of amides is 1. The summed E-state index contributed by atoms with van der Waals surface area (Å²) in [6.45, 7) is 0.394. The van der Waals surface area contributed by atoms with Gasteiger partial charge in [-0.2, -0.15) is 0 Å².